The van der Waals surface area contributed by atoms with Crippen molar-refractivity contribution in [3.63, 3.8) is 0 Å². The molecule has 1 aromatic rings. The lowest BCUT2D eigenvalue weighted by atomic mass is 10.2. The van der Waals surface area contributed by atoms with Crippen molar-refractivity contribution in [2.24, 2.45) is 11.8 Å². The van der Waals surface area contributed by atoms with Gasteiger partial charge in [-0.1, -0.05) is 24.3 Å². The minimum absolute atomic E-state index is 0.838. The average molecular weight is 226 g/mol. The summed E-state index contributed by atoms with van der Waals surface area (Å²) < 4.78 is 0. The molecular weight excluding hydrogens is 208 g/mol. The zero-order chi connectivity index (χ0) is 11.7. The van der Waals surface area contributed by atoms with E-state index in [-0.39, 0.29) is 0 Å². The average Bonchev–Trinajstić information content (AvgIpc) is 3.08. The van der Waals surface area contributed by atoms with E-state index in [9.17, 15) is 0 Å². The van der Waals surface area contributed by atoms with E-state index in [0.29, 0.717) is 0 Å². The first kappa shape index (κ1) is 10.5. The molecule has 2 aliphatic carbocycles. The van der Waals surface area contributed by atoms with Gasteiger partial charge in [-0.3, -0.25) is 0 Å². The second kappa shape index (κ2) is 4.28. The number of para-hydroxylation sites is 2. The van der Waals surface area contributed by atoms with Gasteiger partial charge in [-0.05, 0) is 42.9 Å². The van der Waals surface area contributed by atoms with Gasteiger partial charge in [-0.25, -0.2) is 0 Å². The topological polar surface area (TPSA) is 24.1 Å². The van der Waals surface area contributed by atoms with Crippen LogP contribution in [0.3, 0.4) is 0 Å². The Balaban J connectivity index is 1.77. The van der Waals surface area contributed by atoms with Crippen LogP contribution in [0.15, 0.2) is 48.2 Å². The summed E-state index contributed by atoms with van der Waals surface area (Å²) in [6, 6.07) is 8.33. The Bertz CT molecular complexity index is 474. The molecule has 0 heterocycles. The molecule has 88 valence electrons. The van der Waals surface area contributed by atoms with Crippen molar-refractivity contribution in [1.82, 2.24) is 0 Å². The van der Waals surface area contributed by atoms with Crippen LogP contribution in [-0.4, -0.2) is 7.05 Å². The van der Waals surface area contributed by atoms with Crippen LogP contribution >= 0.6 is 0 Å². The summed E-state index contributed by atoms with van der Waals surface area (Å²) in [5.41, 5.74) is 3.64. The molecule has 2 atom stereocenters. The maximum atomic E-state index is 3.54. The van der Waals surface area contributed by atoms with Gasteiger partial charge >= 0.3 is 0 Å². The van der Waals surface area contributed by atoms with Crippen LogP contribution in [0.1, 0.15) is 12.8 Å². The normalized spacial score (nSPS) is 25.6. The fraction of sp³-hybridized carbons (Fsp3) is 0.333. The van der Waals surface area contributed by atoms with Crippen molar-refractivity contribution in [3.05, 3.63) is 48.2 Å². The zero-order valence-corrected chi connectivity index (χ0v) is 10.1. The predicted molar refractivity (Wildman–Crippen MR) is 73.0 cm³/mol. The molecular formula is C15H18N2. The Morgan fingerprint density at radius 1 is 1.18 bits per heavy atom. The number of hydrogen-bond donors (Lipinski definition) is 2. The first-order chi connectivity index (χ1) is 8.36. The predicted octanol–water partition coefficient (Wildman–Crippen LogP) is 3.62. The van der Waals surface area contributed by atoms with Gasteiger partial charge in [0.1, 0.15) is 0 Å². The van der Waals surface area contributed by atoms with E-state index in [1.807, 2.05) is 7.05 Å². The van der Waals surface area contributed by atoms with Gasteiger partial charge in [0.15, 0.2) is 0 Å². The van der Waals surface area contributed by atoms with Gasteiger partial charge in [0.05, 0.1) is 11.4 Å². The van der Waals surface area contributed by atoms with Gasteiger partial charge in [0.2, 0.25) is 0 Å². The Labute approximate surface area is 102 Å². The van der Waals surface area contributed by atoms with E-state index in [1.165, 1.54) is 18.5 Å². The molecule has 1 aromatic carbocycles. The number of benzene rings is 1. The molecule has 0 saturated heterocycles. The number of nitrogens with one attached hydrogen (secondary N) is 2. The third-order valence-corrected chi connectivity index (χ3v) is 3.61. The van der Waals surface area contributed by atoms with Gasteiger partial charge in [0.25, 0.3) is 0 Å². The van der Waals surface area contributed by atoms with Crippen LogP contribution < -0.4 is 10.6 Å². The minimum atomic E-state index is 0.838. The fourth-order valence-corrected chi connectivity index (χ4v) is 2.48. The van der Waals surface area contributed by atoms with Crippen molar-refractivity contribution in [1.29, 1.82) is 0 Å². The van der Waals surface area contributed by atoms with E-state index < -0.39 is 0 Å². The Kier molecular flexibility index (Phi) is 2.63. The SMILES string of the molecule is CNc1ccccc1NC1=CC=CC2CC2C1. The highest BCUT2D eigenvalue weighted by atomic mass is 14.9. The molecule has 0 aromatic heterocycles. The van der Waals surface area contributed by atoms with Crippen molar-refractivity contribution in [2.75, 3.05) is 17.7 Å². The van der Waals surface area contributed by atoms with E-state index in [1.54, 1.807) is 0 Å². The van der Waals surface area contributed by atoms with Crippen LogP contribution in [0, 0.1) is 11.8 Å². The maximum Gasteiger partial charge on any atom is 0.0617 e. The summed E-state index contributed by atoms with van der Waals surface area (Å²) in [7, 11) is 1.96. The van der Waals surface area contributed by atoms with Crippen molar-refractivity contribution < 1.29 is 0 Å². The van der Waals surface area contributed by atoms with Crippen LogP contribution in [0.2, 0.25) is 0 Å². The Hall–Kier alpha value is -1.70. The molecule has 2 heteroatoms. The summed E-state index contributed by atoms with van der Waals surface area (Å²) >= 11 is 0. The first-order valence-electron chi connectivity index (χ1n) is 6.28. The van der Waals surface area contributed by atoms with E-state index in [0.717, 1.165) is 23.2 Å². The number of anilines is 2. The standard InChI is InChI=1S/C15H18N2/c1-16-14-7-2-3-8-15(14)17-13-6-4-5-11-9-12(11)10-13/h2-8,11-12,16-17H,9-10H2,1H3. The molecule has 0 spiro atoms. The molecule has 0 aliphatic heterocycles. The van der Waals surface area contributed by atoms with Crippen molar-refractivity contribution in [3.8, 4) is 0 Å². The van der Waals surface area contributed by atoms with Gasteiger partial charge in [-0.15, -0.1) is 0 Å². The highest BCUT2D eigenvalue weighted by Gasteiger charge is 2.35. The Morgan fingerprint density at radius 3 is 2.82 bits per heavy atom. The highest BCUT2D eigenvalue weighted by molar-refractivity contribution is 5.70. The molecule has 1 fully saturated rings. The lowest BCUT2D eigenvalue weighted by molar-refractivity contribution is 0.784. The van der Waals surface area contributed by atoms with Crippen molar-refractivity contribution >= 4 is 11.4 Å². The van der Waals surface area contributed by atoms with E-state index in [2.05, 4.69) is 53.1 Å². The van der Waals surface area contributed by atoms with Gasteiger partial charge < -0.3 is 10.6 Å². The summed E-state index contributed by atoms with van der Waals surface area (Å²) in [6.45, 7) is 0. The molecule has 17 heavy (non-hydrogen) atoms. The molecule has 2 nitrogen and oxygen atoms in total. The van der Waals surface area contributed by atoms with Crippen LogP contribution in [-0.2, 0) is 0 Å². The lowest BCUT2D eigenvalue weighted by Gasteiger charge is -2.14. The molecule has 2 aliphatic rings. The van der Waals surface area contributed by atoms with Gasteiger partial charge in [-0.2, -0.15) is 0 Å². The number of rotatable bonds is 3. The monoisotopic (exact) mass is 226 g/mol. The number of allylic oxidation sites excluding steroid dienone is 4. The molecule has 0 radical (unpaired) electrons. The maximum absolute atomic E-state index is 3.54. The minimum Gasteiger partial charge on any atom is -0.386 e. The largest absolute Gasteiger partial charge is 0.386 e. The third kappa shape index (κ3) is 2.21. The van der Waals surface area contributed by atoms with E-state index >= 15 is 0 Å². The second-order valence-electron chi connectivity index (χ2n) is 4.86. The van der Waals surface area contributed by atoms with Crippen LogP contribution in [0.25, 0.3) is 0 Å². The lowest BCUT2D eigenvalue weighted by Crippen LogP contribution is -2.03. The molecule has 1 saturated carbocycles. The zero-order valence-electron chi connectivity index (χ0n) is 10.1. The Morgan fingerprint density at radius 2 is 2.00 bits per heavy atom. The smallest absolute Gasteiger partial charge is 0.0617 e. The number of fused-ring (bicyclic) bond motifs is 1. The summed E-state index contributed by atoms with van der Waals surface area (Å²) in [5, 5.41) is 6.76. The molecule has 2 N–H and O–H groups in total. The second-order valence-corrected chi connectivity index (χ2v) is 4.86. The van der Waals surface area contributed by atoms with Crippen LogP contribution in [0.5, 0.6) is 0 Å². The van der Waals surface area contributed by atoms with Crippen LogP contribution in [0.4, 0.5) is 11.4 Å². The fourth-order valence-electron chi connectivity index (χ4n) is 2.48. The van der Waals surface area contributed by atoms with Gasteiger partial charge in [0, 0.05) is 12.7 Å². The summed E-state index contributed by atoms with van der Waals surface area (Å²) in [6.07, 6.45) is 9.28. The summed E-state index contributed by atoms with van der Waals surface area (Å²) in [5.74, 6) is 1.71. The quantitative estimate of drug-likeness (QED) is 0.822. The number of hydrogen-bond acceptors (Lipinski definition) is 2. The third-order valence-electron chi connectivity index (χ3n) is 3.61. The molecule has 0 bridgehead atoms. The first-order valence-corrected chi connectivity index (χ1v) is 6.28. The van der Waals surface area contributed by atoms with Crippen molar-refractivity contribution in [2.45, 2.75) is 12.8 Å². The highest BCUT2D eigenvalue weighted by Crippen LogP contribution is 2.45. The summed E-state index contributed by atoms with van der Waals surface area (Å²) in [4.78, 5) is 0. The molecule has 0 amide bonds. The van der Waals surface area contributed by atoms with E-state index in [4.69, 9.17) is 0 Å². The molecule has 3 rings (SSSR count). The molecule has 2 unspecified atom stereocenters.